The van der Waals surface area contributed by atoms with Gasteiger partial charge in [0, 0.05) is 18.3 Å². The molecule has 7 nitrogen and oxygen atoms in total. The number of aryl methyl sites for hydroxylation is 1. The Bertz CT molecular complexity index is 796. The zero-order valence-electron chi connectivity index (χ0n) is 16.3. The molecule has 0 bridgehead atoms. The van der Waals surface area contributed by atoms with Crippen molar-refractivity contribution < 1.29 is 18.7 Å². The van der Waals surface area contributed by atoms with Crippen LogP contribution < -0.4 is 10.1 Å². The fraction of sp³-hybridized carbons (Fsp3) is 0.526. The highest BCUT2D eigenvalue weighted by molar-refractivity contribution is 5.68. The molecule has 0 unspecified atom stereocenters. The predicted octanol–water partition coefficient (Wildman–Crippen LogP) is 3.83. The number of carbonyl (C=O) groups is 1. The minimum absolute atomic E-state index is 0.00662. The molecule has 0 fully saturated rings. The van der Waals surface area contributed by atoms with Crippen LogP contribution in [0.4, 0.5) is 9.18 Å². The molecule has 0 saturated heterocycles. The molecule has 0 aliphatic rings. The predicted molar refractivity (Wildman–Crippen MR) is 101 cm³/mol. The summed E-state index contributed by atoms with van der Waals surface area (Å²) in [7, 11) is 0. The molecule has 2 aromatic rings. The van der Waals surface area contributed by atoms with Gasteiger partial charge in [0.2, 0.25) is 5.78 Å². The van der Waals surface area contributed by atoms with E-state index in [2.05, 4.69) is 22.2 Å². The molecule has 2 heterocycles. The van der Waals surface area contributed by atoms with Gasteiger partial charge in [0.15, 0.2) is 5.75 Å². The van der Waals surface area contributed by atoms with Crippen LogP contribution in [0.1, 0.15) is 46.2 Å². The summed E-state index contributed by atoms with van der Waals surface area (Å²) in [6.07, 6.45) is 8.10. The molecule has 2 aromatic heterocycles. The summed E-state index contributed by atoms with van der Waals surface area (Å²) >= 11 is 0. The van der Waals surface area contributed by atoms with Crippen molar-refractivity contribution in [3.63, 3.8) is 0 Å². The number of hydrogen-bond donors (Lipinski definition) is 1. The van der Waals surface area contributed by atoms with Crippen molar-refractivity contribution in [3.05, 3.63) is 36.2 Å². The highest BCUT2D eigenvalue weighted by Gasteiger charge is 2.16. The Balaban J connectivity index is 1.89. The molecule has 0 aliphatic carbocycles. The number of unbranched alkanes of at least 4 members (excludes halogenated alkanes) is 1. The number of ether oxygens (including phenoxy) is 2. The van der Waals surface area contributed by atoms with E-state index in [0.717, 1.165) is 25.0 Å². The van der Waals surface area contributed by atoms with Gasteiger partial charge in [-0.1, -0.05) is 13.3 Å². The number of halogens is 1. The third-order valence-electron chi connectivity index (χ3n) is 3.56. The van der Waals surface area contributed by atoms with Crippen LogP contribution >= 0.6 is 0 Å². The molecule has 0 aromatic carbocycles. The third kappa shape index (κ3) is 6.88. The first-order valence-electron chi connectivity index (χ1n) is 9.02. The normalized spacial score (nSPS) is 12.3. The molecular formula is C19H27FN4O3. The van der Waals surface area contributed by atoms with Crippen molar-refractivity contribution in [2.24, 2.45) is 0 Å². The molecule has 1 N–H and O–H groups in total. The fourth-order valence-corrected chi connectivity index (χ4v) is 2.27. The van der Waals surface area contributed by atoms with Crippen LogP contribution in [-0.4, -0.2) is 39.2 Å². The summed E-state index contributed by atoms with van der Waals surface area (Å²) in [5.74, 6) is 1.08. The van der Waals surface area contributed by atoms with Gasteiger partial charge in [-0.2, -0.15) is 0 Å². The molecule has 2 rings (SSSR count). The maximum absolute atomic E-state index is 13.1. The van der Waals surface area contributed by atoms with E-state index in [1.165, 1.54) is 0 Å². The standard InChI is InChI=1S/C19H27FN4O3/c1-5-6-7-15-11-24-12-16(10-21-17(24)23-15)26-13-14(8-20)9-22-18(25)27-19(2,3)4/h8,10-12H,5-7,9,13H2,1-4H3,(H,22,25)/b14-8+. The van der Waals surface area contributed by atoms with Crippen LogP contribution in [0.5, 0.6) is 5.75 Å². The minimum atomic E-state index is -0.609. The lowest BCUT2D eigenvalue weighted by molar-refractivity contribution is 0.0531. The van der Waals surface area contributed by atoms with Crippen LogP contribution in [0.3, 0.4) is 0 Å². The number of fused-ring (bicyclic) bond motifs is 1. The van der Waals surface area contributed by atoms with Crippen molar-refractivity contribution in [2.75, 3.05) is 13.2 Å². The quantitative estimate of drug-likeness (QED) is 0.755. The van der Waals surface area contributed by atoms with E-state index >= 15 is 0 Å². The number of carbonyl (C=O) groups excluding carboxylic acids is 1. The van der Waals surface area contributed by atoms with Crippen molar-refractivity contribution in [3.8, 4) is 5.75 Å². The number of imidazole rings is 1. The molecule has 148 valence electrons. The molecule has 0 spiro atoms. The van der Waals surface area contributed by atoms with Crippen molar-refractivity contribution in [2.45, 2.75) is 52.6 Å². The van der Waals surface area contributed by atoms with Crippen molar-refractivity contribution in [1.82, 2.24) is 19.7 Å². The van der Waals surface area contributed by atoms with E-state index in [0.29, 0.717) is 17.9 Å². The van der Waals surface area contributed by atoms with Gasteiger partial charge in [0.1, 0.15) is 12.2 Å². The lowest BCUT2D eigenvalue weighted by Gasteiger charge is -2.20. The first-order valence-corrected chi connectivity index (χ1v) is 9.02. The number of nitrogens with zero attached hydrogens (tertiary/aromatic N) is 3. The van der Waals surface area contributed by atoms with E-state index in [9.17, 15) is 9.18 Å². The summed E-state index contributed by atoms with van der Waals surface area (Å²) < 4.78 is 25.5. The summed E-state index contributed by atoms with van der Waals surface area (Å²) in [5, 5.41) is 2.50. The van der Waals surface area contributed by atoms with E-state index in [4.69, 9.17) is 9.47 Å². The number of amides is 1. The number of rotatable bonds is 8. The molecule has 0 radical (unpaired) electrons. The maximum Gasteiger partial charge on any atom is 0.407 e. The van der Waals surface area contributed by atoms with E-state index < -0.39 is 11.7 Å². The monoisotopic (exact) mass is 378 g/mol. The number of aromatic nitrogens is 3. The molecule has 0 aliphatic heterocycles. The van der Waals surface area contributed by atoms with Gasteiger partial charge in [-0.3, -0.25) is 4.40 Å². The summed E-state index contributed by atoms with van der Waals surface area (Å²) in [5.41, 5.74) is 0.643. The lowest BCUT2D eigenvalue weighted by atomic mass is 10.2. The Hall–Kier alpha value is -2.64. The Morgan fingerprint density at radius 2 is 2.15 bits per heavy atom. The second-order valence-corrected chi connectivity index (χ2v) is 7.24. The topological polar surface area (TPSA) is 77.8 Å². The highest BCUT2D eigenvalue weighted by atomic mass is 19.1. The van der Waals surface area contributed by atoms with Crippen LogP contribution in [0.15, 0.2) is 30.5 Å². The first-order chi connectivity index (χ1) is 12.8. The third-order valence-corrected chi connectivity index (χ3v) is 3.56. The van der Waals surface area contributed by atoms with Crippen LogP contribution in [0, 0.1) is 0 Å². The molecular weight excluding hydrogens is 351 g/mol. The largest absolute Gasteiger partial charge is 0.486 e. The van der Waals surface area contributed by atoms with E-state index in [-0.39, 0.29) is 18.7 Å². The molecule has 27 heavy (non-hydrogen) atoms. The van der Waals surface area contributed by atoms with Crippen LogP contribution in [0.25, 0.3) is 5.78 Å². The molecule has 0 saturated carbocycles. The summed E-state index contributed by atoms with van der Waals surface area (Å²) in [6, 6.07) is 0. The smallest absolute Gasteiger partial charge is 0.407 e. The van der Waals surface area contributed by atoms with Crippen LogP contribution in [0.2, 0.25) is 0 Å². The summed E-state index contributed by atoms with van der Waals surface area (Å²) in [6.45, 7) is 7.38. The molecule has 1 amide bonds. The first kappa shape index (κ1) is 20.7. The van der Waals surface area contributed by atoms with Gasteiger partial charge >= 0.3 is 6.09 Å². The van der Waals surface area contributed by atoms with E-state index in [1.54, 1.807) is 37.6 Å². The average Bonchev–Trinajstić information content (AvgIpc) is 3.00. The highest BCUT2D eigenvalue weighted by Crippen LogP contribution is 2.13. The van der Waals surface area contributed by atoms with Crippen molar-refractivity contribution >= 4 is 11.9 Å². The van der Waals surface area contributed by atoms with Gasteiger partial charge < -0.3 is 14.8 Å². The number of nitrogens with one attached hydrogen (secondary N) is 1. The van der Waals surface area contributed by atoms with Gasteiger partial charge in [0.05, 0.1) is 24.4 Å². The zero-order valence-corrected chi connectivity index (χ0v) is 16.3. The maximum atomic E-state index is 13.1. The molecule has 8 heteroatoms. The average molecular weight is 378 g/mol. The number of hydrogen-bond acceptors (Lipinski definition) is 5. The van der Waals surface area contributed by atoms with Gasteiger partial charge in [-0.05, 0) is 33.6 Å². The zero-order chi connectivity index (χ0) is 19.9. The second-order valence-electron chi connectivity index (χ2n) is 7.24. The lowest BCUT2D eigenvalue weighted by Crippen LogP contribution is -2.34. The summed E-state index contributed by atoms with van der Waals surface area (Å²) in [4.78, 5) is 20.3. The SMILES string of the molecule is CCCCc1cn2cc(OC/C(=C/F)CNC(=O)OC(C)(C)C)cnc2n1. The minimum Gasteiger partial charge on any atom is -0.486 e. The van der Waals surface area contributed by atoms with E-state index in [1.807, 2.05) is 6.20 Å². The molecule has 0 atom stereocenters. The Morgan fingerprint density at radius 3 is 2.81 bits per heavy atom. The van der Waals surface area contributed by atoms with Gasteiger partial charge in [0.25, 0.3) is 0 Å². The van der Waals surface area contributed by atoms with Crippen LogP contribution in [-0.2, 0) is 11.2 Å². The fourth-order valence-electron chi connectivity index (χ4n) is 2.27. The van der Waals surface area contributed by atoms with Gasteiger partial charge in [-0.15, -0.1) is 0 Å². The Labute approximate surface area is 158 Å². The second kappa shape index (κ2) is 9.34. The van der Waals surface area contributed by atoms with Gasteiger partial charge in [-0.25, -0.2) is 19.2 Å². The Kier molecular flexibility index (Phi) is 7.15. The number of alkyl carbamates (subject to hydrolysis) is 1. The van der Waals surface area contributed by atoms with Crippen molar-refractivity contribution in [1.29, 1.82) is 0 Å². The Morgan fingerprint density at radius 1 is 1.37 bits per heavy atom.